The first-order valence-corrected chi connectivity index (χ1v) is 10.2. The van der Waals surface area contributed by atoms with Gasteiger partial charge in [0, 0.05) is 12.6 Å². The SMILES string of the molecule is COc1cccc(C(CNS(=O)(=O)c2ccc(F)c(F)c2)N2CCCC2)c1. The van der Waals surface area contributed by atoms with E-state index in [-0.39, 0.29) is 17.5 Å². The van der Waals surface area contributed by atoms with Gasteiger partial charge in [0.05, 0.1) is 12.0 Å². The maximum Gasteiger partial charge on any atom is 0.240 e. The lowest BCUT2D eigenvalue weighted by Gasteiger charge is -2.28. The number of ether oxygens (including phenoxy) is 1. The molecule has 2 aromatic rings. The standard InChI is InChI=1S/C19H22F2N2O3S/c1-26-15-6-4-5-14(11-15)19(23-9-2-3-10-23)13-22-27(24,25)16-7-8-17(20)18(21)12-16/h4-8,11-12,19,22H,2-3,9-10,13H2,1H3. The minimum Gasteiger partial charge on any atom is -0.497 e. The van der Waals surface area contributed by atoms with Crippen LogP contribution in [0.4, 0.5) is 8.78 Å². The predicted molar refractivity (Wildman–Crippen MR) is 98.1 cm³/mol. The summed E-state index contributed by atoms with van der Waals surface area (Å²) in [6.45, 7) is 1.86. The van der Waals surface area contributed by atoms with E-state index in [2.05, 4.69) is 9.62 Å². The van der Waals surface area contributed by atoms with Crippen LogP contribution in [0, 0.1) is 11.6 Å². The molecule has 0 amide bonds. The number of rotatable bonds is 7. The Kier molecular flexibility index (Phi) is 6.08. The summed E-state index contributed by atoms with van der Waals surface area (Å²) in [6.07, 6.45) is 2.10. The highest BCUT2D eigenvalue weighted by atomic mass is 32.2. The van der Waals surface area contributed by atoms with Crippen LogP contribution in [0.1, 0.15) is 24.4 Å². The van der Waals surface area contributed by atoms with Crippen LogP contribution in [0.5, 0.6) is 5.75 Å². The fourth-order valence-corrected chi connectivity index (χ4v) is 4.33. The molecule has 27 heavy (non-hydrogen) atoms. The van der Waals surface area contributed by atoms with Crippen LogP contribution in [0.2, 0.25) is 0 Å². The Hall–Kier alpha value is -2.03. The highest BCUT2D eigenvalue weighted by molar-refractivity contribution is 7.89. The average Bonchev–Trinajstić information content (AvgIpc) is 3.18. The molecule has 3 rings (SSSR count). The summed E-state index contributed by atoms with van der Waals surface area (Å²) in [7, 11) is -2.38. The van der Waals surface area contributed by atoms with Crippen LogP contribution in [0.15, 0.2) is 47.4 Å². The smallest absolute Gasteiger partial charge is 0.240 e. The summed E-state index contributed by atoms with van der Waals surface area (Å²) >= 11 is 0. The van der Waals surface area contributed by atoms with E-state index >= 15 is 0 Å². The van der Waals surface area contributed by atoms with E-state index < -0.39 is 21.7 Å². The molecule has 8 heteroatoms. The van der Waals surface area contributed by atoms with Crippen molar-refractivity contribution < 1.29 is 21.9 Å². The maximum atomic E-state index is 13.4. The minimum atomic E-state index is -3.96. The second-order valence-corrected chi connectivity index (χ2v) is 8.23. The van der Waals surface area contributed by atoms with Crippen LogP contribution in [-0.4, -0.2) is 40.1 Å². The molecule has 146 valence electrons. The second kappa shape index (κ2) is 8.33. The van der Waals surface area contributed by atoms with Crippen molar-refractivity contribution in [2.24, 2.45) is 0 Å². The Labute approximate surface area is 158 Å². The van der Waals surface area contributed by atoms with Crippen LogP contribution in [0.3, 0.4) is 0 Å². The fraction of sp³-hybridized carbons (Fsp3) is 0.368. The van der Waals surface area contributed by atoms with Gasteiger partial charge in [-0.1, -0.05) is 12.1 Å². The molecule has 1 N–H and O–H groups in total. The number of nitrogens with one attached hydrogen (secondary N) is 1. The number of hydrogen-bond donors (Lipinski definition) is 1. The van der Waals surface area contributed by atoms with Gasteiger partial charge in [0.15, 0.2) is 11.6 Å². The number of methoxy groups -OCH3 is 1. The molecule has 0 spiro atoms. The summed E-state index contributed by atoms with van der Waals surface area (Å²) in [5.41, 5.74) is 0.934. The topological polar surface area (TPSA) is 58.6 Å². The van der Waals surface area contributed by atoms with Crippen LogP contribution in [0.25, 0.3) is 0 Å². The number of sulfonamides is 1. The van der Waals surface area contributed by atoms with Crippen molar-refractivity contribution in [3.8, 4) is 5.75 Å². The molecule has 1 heterocycles. The molecule has 0 bridgehead atoms. The van der Waals surface area contributed by atoms with E-state index in [1.54, 1.807) is 7.11 Å². The third kappa shape index (κ3) is 4.63. The molecule has 1 aliphatic rings. The van der Waals surface area contributed by atoms with Crippen molar-refractivity contribution >= 4 is 10.0 Å². The van der Waals surface area contributed by atoms with Gasteiger partial charge in [-0.25, -0.2) is 21.9 Å². The van der Waals surface area contributed by atoms with Crippen molar-refractivity contribution in [3.63, 3.8) is 0 Å². The summed E-state index contributed by atoms with van der Waals surface area (Å²) in [5.74, 6) is -1.58. The molecule has 0 aromatic heterocycles. The molecule has 1 aliphatic heterocycles. The van der Waals surface area contributed by atoms with Crippen LogP contribution >= 0.6 is 0 Å². The third-order valence-corrected chi connectivity index (χ3v) is 6.15. The molecule has 2 aromatic carbocycles. The molecule has 1 saturated heterocycles. The van der Waals surface area contributed by atoms with E-state index in [1.807, 2.05) is 24.3 Å². The van der Waals surface area contributed by atoms with Gasteiger partial charge in [-0.2, -0.15) is 0 Å². The maximum absolute atomic E-state index is 13.4. The molecule has 0 saturated carbocycles. The predicted octanol–water partition coefficient (Wildman–Crippen LogP) is 3.09. The van der Waals surface area contributed by atoms with Gasteiger partial charge < -0.3 is 4.74 Å². The van der Waals surface area contributed by atoms with E-state index in [1.165, 1.54) is 0 Å². The zero-order valence-corrected chi connectivity index (χ0v) is 15.8. The molecular formula is C19H22F2N2O3S. The lowest BCUT2D eigenvalue weighted by atomic mass is 10.1. The van der Waals surface area contributed by atoms with Gasteiger partial charge in [0.1, 0.15) is 5.75 Å². The summed E-state index contributed by atoms with van der Waals surface area (Å²) in [5, 5.41) is 0. The molecule has 0 radical (unpaired) electrons. The highest BCUT2D eigenvalue weighted by Gasteiger charge is 2.26. The van der Waals surface area contributed by atoms with Gasteiger partial charge >= 0.3 is 0 Å². The van der Waals surface area contributed by atoms with Gasteiger partial charge in [-0.05, 0) is 61.8 Å². The van der Waals surface area contributed by atoms with Crippen molar-refractivity contribution in [3.05, 3.63) is 59.7 Å². The Morgan fingerprint density at radius 3 is 2.52 bits per heavy atom. The third-order valence-electron chi connectivity index (χ3n) is 4.73. The Balaban J connectivity index is 1.82. The van der Waals surface area contributed by atoms with Gasteiger partial charge in [0.2, 0.25) is 10.0 Å². The number of hydrogen-bond acceptors (Lipinski definition) is 4. The van der Waals surface area contributed by atoms with E-state index in [0.29, 0.717) is 11.8 Å². The molecule has 0 aliphatic carbocycles. The molecule has 1 unspecified atom stereocenters. The lowest BCUT2D eigenvalue weighted by Crippen LogP contribution is -2.36. The number of halogens is 2. The average molecular weight is 396 g/mol. The summed E-state index contributed by atoms with van der Waals surface area (Å²) < 4.78 is 59.4. The first-order valence-electron chi connectivity index (χ1n) is 8.73. The molecular weight excluding hydrogens is 374 g/mol. The first kappa shape index (κ1) is 19.7. The molecule has 1 atom stereocenters. The fourth-order valence-electron chi connectivity index (χ4n) is 3.28. The largest absolute Gasteiger partial charge is 0.497 e. The van der Waals surface area contributed by atoms with Crippen molar-refractivity contribution in [2.75, 3.05) is 26.7 Å². The quantitative estimate of drug-likeness (QED) is 0.781. The Morgan fingerprint density at radius 1 is 1.11 bits per heavy atom. The van der Waals surface area contributed by atoms with Gasteiger partial charge in [0.25, 0.3) is 0 Å². The Bertz CT molecular complexity index is 900. The Morgan fingerprint density at radius 2 is 1.85 bits per heavy atom. The first-order chi connectivity index (χ1) is 12.9. The zero-order valence-electron chi connectivity index (χ0n) is 15.0. The van der Waals surface area contributed by atoms with Crippen molar-refractivity contribution in [1.82, 2.24) is 9.62 Å². The zero-order chi connectivity index (χ0) is 19.4. The highest BCUT2D eigenvalue weighted by Crippen LogP contribution is 2.27. The molecule has 5 nitrogen and oxygen atoms in total. The van der Waals surface area contributed by atoms with Gasteiger partial charge in [-0.15, -0.1) is 0 Å². The number of nitrogens with zero attached hydrogens (tertiary/aromatic N) is 1. The van der Waals surface area contributed by atoms with E-state index in [4.69, 9.17) is 4.74 Å². The van der Waals surface area contributed by atoms with E-state index in [0.717, 1.165) is 43.6 Å². The number of likely N-dealkylation sites (tertiary alicyclic amines) is 1. The normalized spacial score (nSPS) is 16.4. The monoisotopic (exact) mass is 396 g/mol. The lowest BCUT2D eigenvalue weighted by molar-refractivity contribution is 0.246. The minimum absolute atomic E-state index is 0.120. The van der Waals surface area contributed by atoms with Gasteiger partial charge in [-0.3, -0.25) is 4.90 Å². The number of benzene rings is 2. The van der Waals surface area contributed by atoms with Crippen molar-refractivity contribution in [1.29, 1.82) is 0 Å². The van der Waals surface area contributed by atoms with Crippen molar-refractivity contribution in [2.45, 2.75) is 23.8 Å². The van der Waals surface area contributed by atoms with E-state index in [9.17, 15) is 17.2 Å². The summed E-state index contributed by atoms with van der Waals surface area (Å²) in [4.78, 5) is 1.91. The van der Waals surface area contributed by atoms with Crippen LogP contribution < -0.4 is 9.46 Å². The van der Waals surface area contributed by atoms with Crippen LogP contribution in [-0.2, 0) is 10.0 Å². The molecule has 1 fully saturated rings. The summed E-state index contributed by atoms with van der Waals surface area (Å²) in [6, 6.07) is 9.88. The second-order valence-electron chi connectivity index (χ2n) is 6.46.